The van der Waals surface area contributed by atoms with E-state index in [-0.39, 0.29) is 5.97 Å². The molecule has 0 atom stereocenters. The van der Waals surface area contributed by atoms with Crippen LogP contribution >= 0.6 is 11.8 Å². The number of thioether (sulfide) groups is 1. The summed E-state index contributed by atoms with van der Waals surface area (Å²) in [4.78, 5) is 22.2. The van der Waals surface area contributed by atoms with E-state index in [1.807, 2.05) is 45.2 Å². The molecule has 148 valence electrons. The molecule has 2 aromatic rings. The number of anilines is 1. The summed E-state index contributed by atoms with van der Waals surface area (Å²) in [5, 5.41) is 3.34. The van der Waals surface area contributed by atoms with Gasteiger partial charge in [0.05, 0.1) is 16.7 Å². The number of unbranched alkanes of at least 4 members (excludes halogenated alkanes) is 2. The first-order chi connectivity index (χ1) is 12.8. The van der Waals surface area contributed by atoms with E-state index in [1.165, 1.54) is 0 Å². The Balaban J connectivity index is 1.84. The Bertz CT molecular complexity index is 774. The highest BCUT2D eigenvalue weighted by atomic mass is 32.2. The van der Waals surface area contributed by atoms with Crippen molar-refractivity contribution in [2.24, 2.45) is 5.73 Å². The number of aromatic nitrogens is 2. The third kappa shape index (κ3) is 6.99. The molecule has 2 rings (SSSR count). The number of carbonyl (C=O) groups is 1. The van der Waals surface area contributed by atoms with Gasteiger partial charge in [-0.3, -0.25) is 4.79 Å². The van der Waals surface area contributed by atoms with Crippen LogP contribution in [0, 0.1) is 0 Å². The molecule has 0 aliphatic rings. The molecule has 1 heterocycles. The summed E-state index contributed by atoms with van der Waals surface area (Å²) in [7, 11) is 0. The Morgan fingerprint density at radius 3 is 2.63 bits per heavy atom. The van der Waals surface area contributed by atoms with E-state index in [2.05, 4.69) is 10.3 Å². The summed E-state index contributed by atoms with van der Waals surface area (Å²) < 4.78 is 5.32. The molecule has 1 aromatic carbocycles. The first kappa shape index (κ1) is 21.4. The Labute approximate surface area is 165 Å². The monoisotopic (exact) mass is 390 g/mol. The smallest absolute Gasteiger partial charge is 0.306 e. The zero-order chi connectivity index (χ0) is 19.9. The van der Waals surface area contributed by atoms with E-state index in [0.717, 1.165) is 53.2 Å². The van der Waals surface area contributed by atoms with Crippen LogP contribution in [0.4, 0.5) is 5.82 Å². The Morgan fingerprint density at radius 2 is 1.96 bits per heavy atom. The Kier molecular flexibility index (Phi) is 7.86. The number of nitrogens with one attached hydrogen (secondary N) is 1. The van der Waals surface area contributed by atoms with Crippen molar-refractivity contribution in [3.63, 3.8) is 0 Å². The highest BCUT2D eigenvalue weighted by molar-refractivity contribution is 7.98. The lowest BCUT2D eigenvalue weighted by atomic mass is 10.1. The lowest BCUT2D eigenvalue weighted by Crippen LogP contribution is -2.23. The van der Waals surface area contributed by atoms with Crippen LogP contribution in [-0.2, 0) is 16.1 Å². The summed E-state index contributed by atoms with van der Waals surface area (Å²) in [6.07, 6.45) is 5.21. The summed E-state index contributed by atoms with van der Waals surface area (Å²) >= 11 is 1.68. The van der Waals surface area contributed by atoms with Crippen LogP contribution in [0.25, 0.3) is 11.0 Å². The van der Waals surface area contributed by atoms with E-state index in [0.29, 0.717) is 13.0 Å². The number of nitrogens with two attached hydrogens (primary N) is 1. The fraction of sp³-hybridized carbons (Fsp3) is 0.550. The van der Waals surface area contributed by atoms with Crippen LogP contribution in [0.1, 0.15) is 52.1 Å². The van der Waals surface area contributed by atoms with Crippen molar-refractivity contribution < 1.29 is 9.53 Å². The van der Waals surface area contributed by atoms with Crippen molar-refractivity contribution >= 4 is 34.6 Å². The minimum atomic E-state index is -0.415. The van der Waals surface area contributed by atoms with Crippen LogP contribution < -0.4 is 11.1 Å². The van der Waals surface area contributed by atoms with Crippen molar-refractivity contribution in [3.05, 3.63) is 23.9 Å². The topological polar surface area (TPSA) is 90.1 Å². The maximum atomic E-state index is 11.7. The van der Waals surface area contributed by atoms with Gasteiger partial charge in [0.1, 0.15) is 11.4 Å². The van der Waals surface area contributed by atoms with Crippen molar-refractivity contribution in [3.8, 4) is 0 Å². The number of esters is 1. The molecule has 0 aliphatic carbocycles. The highest BCUT2D eigenvalue weighted by Gasteiger charge is 2.15. The number of carbonyl (C=O) groups excluding carboxylic acids is 1. The SMILES string of the molecule is CSc1ccc2nc(CN)c(NCCCCCC(=O)OC(C)(C)C)nc2c1. The average Bonchev–Trinajstić information content (AvgIpc) is 2.61. The van der Waals surface area contributed by atoms with Gasteiger partial charge in [0.2, 0.25) is 0 Å². The zero-order valence-electron chi connectivity index (χ0n) is 16.7. The van der Waals surface area contributed by atoms with Gasteiger partial charge < -0.3 is 15.8 Å². The quantitative estimate of drug-likeness (QED) is 0.378. The van der Waals surface area contributed by atoms with E-state index >= 15 is 0 Å². The lowest BCUT2D eigenvalue weighted by molar-refractivity contribution is -0.154. The molecule has 0 saturated carbocycles. The van der Waals surface area contributed by atoms with Gasteiger partial charge in [-0.25, -0.2) is 9.97 Å². The number of fused-ring (bicyclic) bond motifs is 1. The summed E-state index contributed by atoms with van der Waals surface area (Å²) in [5.74, 6) is 0.612. The second kappa shape index (κ2) is 9.90. The molecule has 0 bridgehead atoms. The van der Waals surface area contributed by atoms with Gasteiger partial charge in [-0.15, -0.1) is 11.8 Å². The first-order valence-electron chi connectivity index (χ1n) is 9.33. The molecule has 3 N–H and O–H groups in total. The standard InChI is InChI=1S/C20H30N4O2S/c1-20(2,3)26-18(25)8-6-5-7-11-22-19-17(13-21)23-15-10-9-14(27-4)12-16(15)24-19/h9-10,12H,5-8,11,13,21H2,1-4H3,(H,22,24). The molecule has 0 fully saturated rings. The van der Waals surface area contributed by atoms with E-state index in [4.69, 9.17) is 15.5 Å². The molecular formula is C20H30N4O2S. The molecule has 6 nitrogen and oxygen atoms in total. The third-order valence-corrected chi connectivity index (χ3v) is 4.63. The van der Waals surface area contributed by atoms with Crippen LogP contribution in [0.15, 0.2) is 23.1 Å². The van der Waals surface area contributed by atoms with Crippen molar-refractivity contribution in [1.82, 2.24) is 9.97 Å². The molecule has 1 aromatic heterocycles. The lowest BCUT2D eigenvalue weighted by Gasteiger charge is -2.19. The van der Waals surface area contributed by atoms with Crippen LogP contribution in [0.3, 0.4) is 0 Å². The fourth-order valence-corrected chi connectivity index (χ4v) is 3.09. The van der Waals surface area contributed by atoms with Crippen LogP contribution in [0.2, 0.25) is 0 Å². The Hall–Kier alpha value is -1.86. The maximum absolute atomic E-state index is 11.7. The third-order valence-electron chi connectivity index (χ3n) is 3.91. The summed E-state index contributed by atoms with van der Waals surface area (Å²) in [5.41, 5.74) is 7.92. The largest absolute Gasteiger partial charge is 0.460 e. The van der Waals surface area contributed by atoms with Gasteiger partial charge in [0, 0.05) is 24.4 Å². The number of hydrogen-bond acceptors (Lipinski definition) is 7. The van der Waals surface area contributed by atoms with E-state index < -0.39 is 5.60 Å². The highest BCUT2D eigenvalue weighted by Crippen LogP contribution is 2.22. The minimum Gasteiger partial charge on any atom is -0.460 e. The van der Waals surface area contributed by atoms with Gasteiger partial charge >= 0.3 is 5.97 Å². The van der Waals surface area contributed by atoms with E-state index in [1.54, 1.807) is 11.8 Å². The predicted octanol–water partition coefficient (Wildman–Crippen LogP) is 4.12. The molecule has 0 aliphatic heterocycles. The normalized spacial score (nSPS) is 11.6. The number of ether oxygens (including phenoxy) is 1. The molecule has 7 heteroatoms. The molecular weight excluding hydrogens is 360 g/mol. The number of benzene rings is 1. The molecule has 0 unspecified atom stereocenters. The summed E-state index contributed by atoms with van der Waals surface area (Å²) in [6.45, 7) is 6.77. The second-order valence-corrected chi connectivity index (χ2v) is 8.28. The minimum absolute atomic E-state index is 0.133. The van der Waals surface area contributed by atoms with Crippen molar-refractivity contribution in [2.75, 3.05) is 18.1 Å². The molecule has 27 heavy (non-hydrogen) atoms. The molecule has 0 amide bonds. The van der Waals surface area contributed by atoms with E-state index in [9.17, 15) is 4.79 Å². The zero-order valence-corrected chi connectivity index (χ0v) is 17.5. The summed E-state index contributed by atoms with van der Waals surface area (Å²) in [6, 6.07) is 6.06. The Morgan fingerprint density at radius 1 is 1.19 bits per heavy atom. The van der Waals surface area contributed by atoms with Crippen molar-refractivity contribution in [2.45, 2.75) is 63.5 Å². The van der Waals surface area contributed by atoms with Crippen LogP contribution in [0.5, 0.6) is 0 Å². The maximum Gasteiger partial charge on any atom is 0.306 e. The predicted molar refractivity (Wildman–Crippen MR) is 112 cm³/mol. The fourth-order valence-electron chi connectivity index (χ4n) is 2.65. The number of nitrogens with zero attached hydrogens (tertiary/aromatic N) is 2. The van der Waals surface area contributed by atoms with Gasteiger partial charge in [-0.1, -0.05) is 6.42 Å². The van der Waals surface area contributed by atoms with Gasteiger partial charge in [0.15, 0.2) is 0 Å². The second-order valence-electron chi connectivity index (χ2n) is 7.40. The number of rotatable bonds is 9. The van der Waals surface area contributed by atoms with Gasteiger partial charge in [-0.2, -0.15) is 0 Å². The van der Waals surface area contributed by atoms with Crippen molar-refractivity contribution in [1.29, 1.82) is 0 Å². The average molecular weight is 391 g/mol. The first-order valence-corrected chi connectivity index (χ1v) is 10.6. The van der Waals surface area contributed by atoms with Gasteiger partial charge in [0.25, 0.3) is 0 Å². The molecule has 0 radical (unpaired) electrons. The van der Waals surface area contributed by atoms with Gasteiger partial charge in [-0.05, 0) is 58.1 Å². The number of hydrogen-bond donors (Lipinski definition) is 2. The molecule has 0 saturated heterocycles. The van der Waals surface area contributed by atoms with Crippen LogP contribution in [-0.4, -0.2) is 34.3 Å². The molecule has 0 spiro atoms.